The average Bonchev–Trinajstić information content (AvgIpc) is 2.95. The van der Waals surface area contributed by atoms with Crippen LogP contribution < -0.4 is 5.32 Å². The molecule has 4 nitrogen and oxygen atoms in total. The molecule has 0 aliphatic rings. The van der Waals surface area contributed by atoms with Crippen LogP contribution in [0.4, 0.5) is 5.13 Å². The fourth-order valence-electron chi connectivity index (χ4n) is 1.62. The van der Waals surface area contributed by atoms with Gasteiger partial charge in [0.1, 0.15) is 4.88 Å². The smallest absolute Gasteiger partial charge is 0.269 e. The van der Waals surface area contributed by atoms with Crippen molar-refractivity contribution in [2.45, 2.75) is 6.92 Å². The summed E-state index contributed by atoms with van der Waals surface area (Å²) in [7, 11) is 0. The van der Waals surface area contributed by atoms with Gasteiger partial charge in [0.05, 0.1) is 5.52 Å². The van der Waals surface area contributed by atoms with E-state index in [1.165, 1.54) is 22.9 Å². The van der Waals surface area contributed by atoms with Crippen LogP contribution >= 0.6 is 22.9 Å². The van der Waals surface area contributed by atoms with E-state index < -0.39 is 0 Å². The van der Waals surface area contributed by atoms with Gasteiger partial charge in [-0.15, -0.1) is 11.3 Å². The highest BCUT2D eigenvalue weighted by molar-refractivity contribution is 7.15. The number of carbonyl (C=O) groups is 1. The zero-order valence-corrected chi connectivity index (χ0v) is 11.1. The Morgan fingerprint density at radius 1 is 1.33 bits per heavy atom. The Kier molecular flexibility index (Phi) is 2.81. The van der Waals surface area contributed by atoms with Crippen LogP contribution in [-0.2, 0) is 0 Å². The van der Waals surface area contributed by atoms with Crippen LogP contribution in [0, 0.1) is 6.92 Å². The van der Waals surface area contributed by atoms with Crippen molar-refractivity contribution < 1.29 is 4.79 Å². The van der Waals surface area contributed by atoms with Crippen LogP contribution in [0.25, 0.3) is 10.9 Å². The van der Waals surface area contributed by atoms with Gasteiger partial charge in [0.25, 0.3) is 5.91 Å². The Morgan fingerprint density at radius 3 is 2.94 bits per heavy atom. The summed E-state index contributed by atoms with van der Waals surface area (Å²) in [6, 6.07) is 7.62. The van der Waals surface area contributed by atoms with Gasteiger partial charge in [-0.1, -0.05) is 18.2 Å². The summed E-state index contributed by atoms with van der Waals surface area (Å²) < 4.78 is 4.25. The number of benzene rings is 1. The van der Waals surface area contributed by atoms with E-state index >= 15 is 0 Å². The average molecular weight is 275 g/mol. The number of aromatic nitrogens is 2. The fourth-order valence-corrected chi connectivity index (χ4v) is 3.03. The molecule has 0 spiro atoms. The Morgan fingerprint density at radius 2 is 2.17 bits per heavy atom. The summed E-state index contributed by atoms with van der Waals surface area (Å²) in [4.78, 5) is 17.9. The molecule has 0 atom stereocenters. The van der Waals surface area contributed by atoms with Gasteiger partial charge in [0, 0.05) is 16.5 Å². The summed E-state index contributed by atoms with van der Waals surface area (Å²) in [6.07, 6.45) is 1.74. The Bertz CT molecular complexity index is 717. The highest BCUT2D eigenvalue weighted by Gasteiger charge is 2.14. The van der Waals surface area contributed by atoms with E-state index in [9.17, 15) is 4.79 Å². The highest BCUT2D eigenvalue weighted by Crippen LogP contribution is 2.24. The van der Waals surface area contributed by atoms with Crippen LogP contribution in [-0.4, -0.2) is 15.3 Å². The second kappa shape index (κ2) is 4.47. The Balaban J connectivity index is 1.92. The van der Waals surface area contributed by atoms with Crippen LogP contribution in [0.5, 0.6) is 0 Å². The van der Waals surface area contributed by atoms with Crippen molar-refractivity contribution in [1.29, 1.82) is 0 Å². The number of anilines is 1. The Hall–Kier alpha value is -1.79. The fraction of sp³-hybridized carbons (Fsp3) is 0.0833. The quantitative estimate of drug-likeness (QED) is 0.780. The van der Waals surface area contributed by atoms with Crippen LogP contribution in [0.1, 0.15) is 14.5 Å². The van der Waals surface area contributed by atoms with E-state index in [0.29, 0.717) is 10.0 Å². The van der Waals surface area contributed by atoms with Crippen molar-refractivity contribution in [3.63, 3.8) is 0 Å². The van der Waals surface area contributed by atoms with Gasteiger partial charge in [-0.05, 0) is 24.5 Å². The third-order valence-electron chi connectivity index (χ3n) is 2.43. The number of hydrogen-bond acceptors (Lipinski definition) is 5. The van der Waals surface area contributed by atoms with Crippen molar-refractivity contribution in [2.24, 2.45) is 0 Å². The second-order valence-corrected chi connectivity index (χ2v) is 5.77. The molecule has 90 valence electrons. The monoisotopic (exact) mass is 275 g/mol. The molecule has 0 saturated heterocycles. The lowest BCUT2D eigenvalue weighted by Crippen LogP contribution is -2.10. The number of rotatable bonds is 2. The maximum absolute atomic E-state index is 12.1. The molecular weight excluding hydrogens is 266 g/mol. The molecule has 0 radical (unpaired) electrons. The second-order valence-electron chi connectivity index (χ2n) is 3.76. The summed E-state index contributed by atoms with van der Waals surface area (Å²) >= 11 is 2.67. The molecule has 6 heteroatoms. The van der Waals surface area contributed by atoms with E-state index in [4.69, 9.17) is 0 Å². The van der Waals surface area contributed by atoms with Gasteiger partial charge >= 0.3 is 0 Å². The van der Waals surface area contributed by atoms with Crippen LogP contribution in [0.3, 0.4) is 0 Å². The topological polar surface area (TPSA) is 54.9 Å². The van der Waals surface area contributed by atoms with E-state index in [1.54, 1.807) is 6.20 Å². The first-order chi connectivity index (χ1) is 8.74. The predicted octanol–water partition coefficient (Wildman–Crippen LogP) is 3.31. The lowest BCUT2D eigenvalue weighted by atomic mass is 10.2. The third kappa shape index (κ3) is 2.00. The van der Waals surface area contributed by atoms with Crippen molar-refractivity contribution in [1.82, 2.24) is 9.36 Å². The molecule has 3 aromatic rings. The van der Waals surface area contributed by atoms with Crippen molar-refractivity contribution >= 4 is 44.8 Å². The SMILES string of the molecule is Cc1cnc(NC(=O)c2snc3ccccc23)s1. The standard InChI is InChI=1S/C12H9N3OS2/c1-7-6-13-12(17-7)14-11(16)10-8-4-2-3-5-9(8)15-18-10/h2-6H,1H3,(H,13,14,16). The maximum Gasteiger partial charge on any atom is 0.269 e. The van der Waals surface area contributed by atoms with E-state index in [0.717, 1.165) is 15.8 Å². The molecule has 1 N–H and O–H groups in total. The lowest BCUT2D eigenvalue weighted by molar-refractivity contribution is 0.103. The van der Waals surface area contributed by atoms with Gasteiger partial charge in [-0.25, -0.2) is 4.98 Å². The molecule has 1 amide bonds. The first-order valence-electron chi connectivity index (χ1n) is 5.32. The number of amides is 1. The van der Waals surface area contributed by atoms with Gasteiger partial charge in [0.15, 0.2) is 5.13 Å². The number of fused-ring (bicyclic) bond motifs is 1. The summed E-state index contributed by atoms with van der Waals surface area (Å²) in [6.45, 7) is 1.95. The number of aryl methyl sites for hydroxylation is 1. The molecule has 0 aliphatic carbocycles. The maximum atomic E-state index is 12.1. The zero-order valence-electron chi connectivity index (χ0n) is 9.51. The van der Waals surface area contributed by atoms with Gasteiger partial charge in [-0.3, -0.25) is 10.1 Å². The zero-order chi connectivity index (χ0) is 12.5. The summed E-state index contributed by atoms with van der Waals surface area (Å²) in [5, 5.41) is 4.30. The highest BCUT2D eigenvalue weighted by atomic mass is 32.1. The van der Waals surface area contributed by atoms with Gasteiger partial charge < -0.3 is 0 Å². The van der Waals surface area contributed by atoms with Gasteiger partial charge in [-0.2, -0.15) is 4.37 Å². The third-order valence-corrected chi connectivity index (χ3v) is 4.14. The lowest BCUT2D eigenvalue weighted by Gasteiger charge is -1.98. The normalized spacial score (nSPS) is 10.7. The largest absolute Gasteiger partial charge is 0.297 e. The first kappa shape index (κ1) is 11.3. The number of nitrogens with zero attached hydrogens (tertiary/aromatic N) is 2. The van der Waals surface area contributed by atoms with E-state index in [-0.39, 0.29) is 5.91 Å². The number of nitrogens with one attached hydrogen (secondary N) is 1. The first-order valence-corrected chi connectivity index (χ1v) is 6.91. The summed E-state index contributed by atoms with van der Waals surface area (Å²) in [5.41, 5.74) is 0.850. The number of carbonyl (C=O) groups excluding carboxylic acids is 1. The molecule has 0 bridgehead atoms. The van der Waals surface area contributed by atoms with Crippen molar-refractivity contribution in [3.8, 4) is 0 Å². The van der Waals surface area contributed by atoms with Crippen LogP contribution in [0.2, 0.25) is 0 Å². The molecule has 0 unspecified atom stereocenters. The van der Waals surface area contributed by atoms with E-state index in [2.05, 4.69) is 14.7 Å². The van der Waals surface area contributed by atoms with E-state index in [1.807, 2.05) is 31.2 Å². The molecule has 2 aromatic heterocycles. The molecule has 2 heterocycles. The number of thiazole rings is 1. The van der Waals surface area contributed by atoms with Crippen molar-refractivity contribution in [3.05, 3.63) is 40.2 Å². The van der Waals surface area contributed by atoms with Crippen LogP contribution in [0.15, 0.2) is 30.5 Å². The molecule has 0 fully saturated rings. The molecule has 18 heavy (non-hydrogen) atoms. The predicted molar refractivity (Wildman–Crippen MR) is 74.4 cm³/mol. The van der Waals surface area contributed by atoms with Crippen molar-refractivity contribution in [2.75, 3.05) is 5.32 Å². The molecule has 0 aliphatic heterocycles. The minimum Gasteiger partial charge on any atom is -0.297 e. The molecular formula is C12H9N3OS2. The molecule has 0 saturated carbocycles. The Labute approximate surface area is 111 Å². The minimum absolute atomic E-state index is 0.150. The van der Waals surface area contributed by atoms with Gasteiger partial charge in [0.2, 0.25) is 0 Å². The number of hydrogen-bond donors (Lipinski definition) is 1. The summed E-state index contributed by atoms with van der Waals surface area (Å²) in [5.74, 6) is -0.150. The minimum atomic E-state index is -0.150. The molecule has 3 rings (SSSR count). The molecule has 1 aromatic carbocycles.